The number of fused-ring (bicyclic) bond motifs is 1. The molecule has 0 spiro atoms. The fraction of sp³-hybridized carbons (Fsp3) is 0.118. The summed E-state index contributed by atoms with van der Waals surface area (Å²) in [4.78, 5) is 7.84. The molecule has 0 amide bonds. The Bertz CT molecular complexity index is 875. The minimum atomic E-state index is 0.832. The number of aliphatic imine (C=N–C) groups is 1. The van der Waals surface area contributed by atoms with Crippen molar-refractivity contribution in [1.29, 1.82) is 0 Å². The molecule has 2 heterocycles. The van der Waals surface area contributed by atoms with Crippen LogP contribution in [0.2, 0.25) is 0 Å². The summed E-state index contributed by atoms with van der Waals surface area (Å²) in [7, 11) is 0. The van der Waals surface area contributed by atoms with Crippen LogP contribution in [0.1, 0.15) is 16.8 Å². The molecule has 4 nitrogen and oxygen atoms in total. The summed E-state index contributed by atoms with van der Waals surface area (Å²) in [5.41, 5.74) is 4.99. The van der Waals surface area contributed by atoms with E-state index < -0.39 is 0 Å². The van der Waals surface area contributed by atoms with Crippen molar-refractivity contribution in [1.82, 2.24) is 13.7 Å². The molecule has 5 heteroatoms. The smallest absolute Gasteiger partial charge is 0.0852 e. The molecule has 0 radical (unpaired) electrons. The monoisotopic (exact) mass is 308 g/mol. The van der Waals surface area contributed by atoms with Crippen molar-refractivity contribution in [3.63, 3.8) is 0 Å². The van der Waals surface area contributed by atoms with Crippen LogP contribution in [0.3, 0.4) is 0 Å². The summed E-state index contributed by atoms with van der Waals surface area (Å²) in [5, 5.41) is 1.16. The number of aryl methyl sites for hydroxylation is 2. The van der Waals surface area contributed by atoms with Crippen LogP contribution in [0.15, 0.2) is 53.8 Å². The first-order valence-electron chi connectivity index (χ1n) is 6.97. The van der Waals surface area contributed by atoms with Gasteiger partial charge in [0, 0.05) is 28.9 Å². The van der Waals surface area contributed by atoms with Crippen molar-refractivity contribution in [2.45, 2.75) is 13.8 Å². The minimum absolute atomic E-state index is 0.832. The van der Waals surface area contributed by atoms with E-state index in [1.54, 1.807) is 6.20 Å². The largest absolute Gasteiger partial charge is 0.361 e. The quantitative estimate of drug-likeness (QED) is 0.708. The molecule has 0 saturated heterocycles. The maximum absolute atomic E-state index is 4.59. The van der Waals surface area contributed by atoms with Gasteiger partial charge in [0.05, 0.1) is 29.3 Å². The summed E-state index contributed by atoms with van der Waals surface area (Å²) in [6, 6.07) is 12.2. The molecule has 1 aromatic carbocycles. The number of hydrogen-bond donors (Lipinski definition) is 1. The van der Waals surface area contributed by atoms with Crippen LogP contribution in [0, 0.1) is 13.8 Å². The lowest BCUT2D eigenvalue weighted by atomic mass is 10.2. The van der Waals surface area contributed by atoms with Crippen molar-refractivity contribution >= 4 is 34.5 Å². The minimum Gasteiger partial charge on any atom is -0.361 e. The molecule has 0 aliphatic carbocycles. The van der Waals surface area contributed by atoms with Crippen LogP contribution in [-0.4, -0.2) is 19.9 Å². The van der Waals surface area contributed by atoms with Gasteiger partial charge in [-0.05, 0) is 31.5 Å². The molecule has 22 heavy (non-hydrogen) atoms. The number of rotatable bonds is 2. The zero-order chi connectivity index (χ0) is 15.4. The summed E-state index contributed by atoms with van der Waals surface area (Å²) < 4.78 is 8.45. The third kappa shape index (κ3) is 3.20. The molecule has 1 N–H and O–H groups in total. The van der Waals surface area contributed by atoms with Crippen molar-refractivity contribution in [2.24, 2.45) is 4.99 Å². The molecular weight excluding hydrogens is 292 g/mol. The number of para-hydroxylation sites is 1. The number of aromatic amines is 1. The lowest BCUT2D eigenvalue weighted by Gasteiger charge is -1.94. The fourth-order valence-corrected chi connectivity index (χ4v) is 2.48. The Labute approximate surface area is 133 Å². The lowest BCUT2D eigenvalue weighted by molar-refractivity contribution is 1.31. The molecule has 0 aliphatic heterocycles. The Morgan fingerprint density at radius 1 is 1.14 bits per heavy atom. The molecule has 0 aliphatic rings. The molecule has 3 rings (SSSR count). The molecule has 0 fully saturated rings. The van der Waals surface area contributed by atoms with E-state index in [0.29, 0.717) is 0 Å². The van der Waals surface area contributed by atoms with Gasteiger partial charge in [-0.25, -0.2) is 0 Å². The first kappa shape index (κ1) is 14.4. The SMILES string of the molecule is Cc1ccc(C)c(N=Cc2c[nH]c3ccccc23)cnsn1. The Kier molecular flexibility index (Phi) is 4.25. The maximum Gasteiger partial charge on any atom is 0.0852 e. The van der Waals surface area contributed by atoms with E-state index in [-0.39, 0.29) is 0 Å². The Balaban J connectivity index is 2.02. The van der Waals surface area contributed by atoms with Crippen LogP contribution >= 0.6 is 11.7 Å². The molecular formula is C17H16N4S. The highest BCUT2D eigenvalue weighted by molar-refractivity contribution is 6.98. The molecule has 0 atom stereocenters. The van der Waals surface area contributed by atoms with Gasteiger partial charge in [0.15, 0.2) is 0 Å². The van der Waals surface area contributed by atoms with E-state index in [1.165, 1.54) is 11.7 Å². The summed E-state index contributed by atoms with van der Waals surface area (Å²) in [6.45, 7) is 3.97. The second kappa shape index (κ2) is 6.49. The van der Waals surface area contributed by atoms with Crippen LogP contribution < -0.4 is 0 Å². The third-order valence-corrected chi connectivity index (χ3v) is 3.92. The van der Waals surface area contributed by atoms with E-state index >= 15 is 0 Å². The number of benzene rings is 1. The Morgan fingerprint density at radius 3 is 2.91 bits per heavy atom. The number of nitrogens with one attached hydrogen (secondary N) is 1. The van der Waals surface area contributed by atoms with E-state index in [0.717, 1.165) is 33.4 Å². The van der Waals surface area contributed by atoms with Crippen LogP contribution in [-0.2, 0) is 0 Å². The zero-order valence-corrected chi connectivity index (χ0v) is 13.3. The van der Waals surface area contributed by atoms with Gasteiger partial charge in [-0.3, -0.25) is 4.99 Å². The molecule has 3 aromatic rings. The Hall–Kier alpha value is -2.53. The van der Waals surface area contributed by atoms with Gasteiger partial charge in [0.1, 0.15) is 0 Å². The molecule has 0 saturated carbocycles. The average Bonchev–Trinajstić information content (AvgIpc) is 2.96. The van der Waals surface area contributed by atoms with E-state index in [1.807, 2.05) is 50.5 Å². The second-order valence-corrected chi connectivity index (χ2v) is 5.55. The fourth-order valence-electron chi connectivity index (χ4n) is 2.10. The van der Waals surface area contributed by atoms with Crippen molar-refractivity contribution < 1.29 is 0 Å². The standard InChI is InChI=1S/C17H16N4S/c1-12-7-8-13(2)21-22-20-11-17(12)19-10-14-9-18-16-6-4-3-5-15(14)16/h3-11,18H,1-2H3. The first-order valence-corrected chi connectivity index (χ1v) is 7.70. The van der Waals surface area contributed by atoms with Gasteiger partial charge >= 0.3 is 0 Å². The molecule has 110 valence electrons. The van der Waals surface area contributed by atoms with E-state index in [2.05, 4.69) is 30.9 Å². The van der Waals surface area contributed by atoms with Crippen LogP contribution in [0.4, 0.5) is 5.69 Å². The second-order valence-electron chi connectivity index (χ2n) is 5.00. The number of H-pyrrole nitrogens is 1. The predicted octanol–water partition coefficient (Wildman–Crippen LogP) is 4.51. The zero-order valence-electron chi connectivity index (χ0n) is 12.4. The molecule has 2 aromatic heterocycles. The number of hydrogen-bond acceptors (Lipinski definition) is 4. The Morgan fingerprint density at radius 2 is 2.00 bits per heavy atom. The number of nitrogens with zero attached hydrogens (tertiary/aromatic N) is 3. The van der Waals surface area contributed by atoms with Crippen LogP contribution in [0.5, 0.6) is 0 Å². The van der Waals surface area contributed by atoms with Crippen molar-refractivity contribution in [3.8, 4) is 0 Å². The van der Waals surface area contributed by atoms with Gasteiger partial charge in [0.2, 0.25) is 0 Å². The van der Waals surface area contributed by atoms with Gasteiger partial charge in [-0.2, -0.15) is 8.75 Å². The van der Waals surface area contributed by atoms with Gasteiger partial charge in [0.25, 0.3) is 0 Å². The maximum atomic E-state index is 4.59. The van der Waals surface area contributed by atoms with Crippen LogP contribution in [0.25, 0.3) is 10.9 Å². The van der Waals surface area contributed by atoms with Gasteiger partial charge < -0.3 is 4.98 Å². The topological polar surface area (TPSA) is 53.9 Å². The normalized spacial score (nSPS) is 11.0. The van der Waals surface area contributed by atoms with Gasteiger partial charge in [-0.1, -0.05) is 24.3 Å². The lowest BCUT2D eigenvalue weighted by Crippen LogP contribution is -1.78. The number of aromatic nitrogens is 3. The average molecular weight is 308 g/mol. The van der Waals surface area contributed by atoms with Crippen molar-refractivity contribution in [3.05, 3.63) is 65.6 Å². The van der Waals surface area contributed by atoms with Crippen molar-refractivity contribution in [2.75, 3.05) is 0 Å². The van der Waals surface area contributed by atoms with Gasteiger partial charge in [-0.15, -0.1) is 0 Å². The highest BCUT2D eigenvalue weighted by atomic mass is 32.1. The third-order valence-electron chi connectivity index (χ3n) is 3.35. The summed E-state index contributed by atoms with van der Waals surface area (Å²) in [6.07, 6.45) is 5.58. The highest BCUT2D eigenvalue weighted by Gasteiger charge is 2.00. The summed E-state index contributed by atoms with van der Waals surface area (Å²) in [5.74, 6) is 0. The summed E-state index contributed by atoms with van der Waals surface area (Å²) >= 11 is 1.17. The first-order chi connectivity index (χ1) is 10.7. The predicted molar refractivity (Wildman–Crippen MR) is 92.6 cm³/mol. The molecule has 0 bridgehead atoms. The van der Waals surface area contributed by atoms with E-state index in [4.69, 9.17) is 0 Å². The molecule has 0 unspecified atom stereocenters. The highest BCUT2D eigenvalue weighted by Crippen LogP contribution is 2.18. The van der Waals surface area contributed by atoms with E-state index in [9.17, 15) is 0 Å².